The van der Waals surface area contributed by atoms with Gasteiger partial charge in [-0.15, -0.1) is 0 Å². The average Bonchev–Trinajstić information content (AvgIpc) is 2.25. The summed E-state index contributed by atoms with van der Waals surface area (Å²) in [5.41, 5.74) is 5.27. The third-order valence-corrected chi connectivity index (χ3v) is 2.56. The molecule has 1 rings (SSSR count). The molecule has 1 unspecified atom stereocenters. The molecule has 0 saturated carbocycles. The first kappa shape index (κ1) is 11.9. The van der Waals surface area contributed by atoms with Gasteiger partial charge in [0.05, 0.1) is 6.10 Å². The quantitative estimate of drug-likeness (QED) is 0.603. The second-order valence-electron chi connectivity index (χ2n) is 3.81. The molecule has 3 N–H and O–H groups in total. The first-order valence-electron chi connectivity index (χ1n) is 5.36. The van der Waals surface area contributed by atoms with E-state index in [9.17, 15) is 0 Å². The van der Waals surface area contributed by atoms with Gasteiger partial charge in [-0.25, -0.2) is 0 Å². The second-order valence-corrected chi connectivity index (χ2v) is 3.81. The van der Waals surface area contributed by atoms with Crippen LogP contribution in [0.1, 0.15) is 19.3 Å². The topological polar surface area (TPSA) is 64.7 Å². The summed E-state index contributed by atoms with van der Waals surface area (Å²) >= 11 is 0. The minimum atomic E-state index is -0.412. The van der Waals surface area contributed by atoms with Crippen molar-refractivity contribution in [2.24, 2.45) is 11.7 Å². The van der Waals surface area contributed by atoms with Gasteiger partial charge in [0.25, 0.3) is 0 Å². The van der Waals surface area contributed by atoms with Gasteiger partial charge in [-0.3, -0.25) is 0 Å². The fourth-order valence-corrected chi connectivity index (χ4v) is 1.50. The van der Waals surface area contributed by atoms with E-state index in [0.29, 0.717) is 25.5 Å². The lowest BCUT2D eigenvalue weighted by Crippen LogP contribution is -2.23. The maximum absolute atomic E-state index is 9.17. The molecule has 0 radical (unpaired) electrons. The Morgan fingerprint density at radius 3 is 2.79 bits per heavy atom. The molecule has 1 aliphatic rings. The van der Waals surface area contributed by atoms with Gasteiger partial charge >= 0.3 is 0 Å². The fraction of sp³-hybridized carbons (Fsp3) is 1.00. The summed E-state index contributed by atoms with van der Waals surface area (Å²) < 4.78 is 10.7. The molecule has 14 heavy (non-hydrogen) atoms. The van der Waals surface area contributed by atoms with Crippen molar-refractivity contribution in [2.75, 3.05) is 33.0 Å². The highest BCUT2D eigenvalue weighted by molar-refractivity contribution is 4.62. The Morgan fingerprint density at radius 2 is 2.14 bits per heavy atom. The Bertz CT molecular complexity index is 137. The smallest absolute Gasteiger partial charge is 0.0684 e. The molecule has 0 spiro atoms. The van der Waals surface area contributed by atoms with E-state index in [4.69, 9.17) is 20.3 Å². The highest BCUT2D eigenvalue weighted by Gasteiger charge is 2.13. The third-order valence-electron chi connectivity index (χ3n) is 2.56. The van der Waals surface area contributed by atoms with E-state index in [0.717, 1.165) is 32.7 Å². The maximum Gasteiger partial charge on any atom is 0.0684 e. The van der Waals surface area contributed by atoms with Gasteiger partial charge in [0.2, 0.25) is 0 Å². The molecule has 84 valence electrons. The van der Waals surface area contributed by atoms with Gasteiger partial charge < -0.3 is 20.3 Å². The lowest BCUT2D eigenvalue weighted by atomic mass is 10.0. The maximum atomic E-state index is 9.17. The molecule has 0 aromatic carbocycles. The number of aliphatic hydroxyl groups excluding tert-OH is 1. The Kier molecular flexibility index (Phi) is 6.10. The molecule has 0 aromatic rings. The van der Waals surface area contributed by atoms with Crippen molar-refractivity contribution in [3.05, 3.63) is 0 Å². The van der Waals surface area contributed by atoms with Crippen molar-refractivity contribution in [3.8, 4) is 0 Å². The normalized spacial score (nSPS) is 21.0. The first-order chi connectivity index (χ1) is 6.83. The Hall–Kier alpha value is -0.160. The molecule has 4 heteroatoms. The molecule has 0 aromatic heterocycles. The second kappa shape index (κ2) is 7.17. The Morgan fingerprint density at radius 1 is 1.43 bits per heavy atom. The van der Waals surface area contributed by atoms with Crippen LogP contribution in [0, 0.1) is 5.92 Å². The monoisotopic (exact) mass is 203 g/mol. The summed E-state index contributed by atoms with van der Waals surface area (Å²) in [4.78, 5) is 0. The average molecular weight is 203 g/mol. The number of aliphatic hydroxyl groups is 1. The van der Waals surface area contributed by atoms with E-state index < -0.39 is 6.10 Å². The van der Waals surface area contributed by atoms with Crippen LogP contribution in [0.3, 0.4) is 0 Å². The number of hydrogen-bond acceptors (Lipinski definition) is 4. The zero-order valence-corrected chi connectivity index (χ0v) is 8.65. The predicted octanol–water partition coefficient (Wildman–Crippen LogP) is 0.139. The summed E-state index contributed by atoms with van der Waals surface area (Å²) in [6.07, 6.45) is 2.42. The third kappa shape index (κ3) is 4.91. The summed E-state index contributed by atoms with van der Waals surface area (Å²) in [5.74, 6) is 0.638. The van der Waals surface area contributed by atoms with Crippen LogP contribution in [0.2, 0.25) is 0 Å². The summed E-state index contributed by atoms with van der Waals surface area (Å²) in [6.45, 7) is 3.44. The molecule has 0 aliphatic carbocycles. The first-order valence-corrected chi connectivity index (χ1v) is 5.36. The van der Waals surface area contributed by atoms with Crippen molar-refractivity contribution in [3.63, 3.8) is 0 Å². The van der Waals surface area contributed by atoms with Crippen molar-refractivity contribution >= 4 is 0 Å². The Balaban J connectivity index is 1.92. The molecule has 1 aliphatic heterocycles. The minimum Gasteiger partial charge on any atom is -0.392 e. The van der Waals surface area contributed by atoms with Gasteiger partial charge in [-0.05, 0) is 25.2 Å². The van der Waals surface area contributed by atoms with E-state index in [-0.39, 0.29) is 0 Å². The largest absolute Gasteiger partial charge is 0.392 e. The van der Waals surface area contributed by atoms with Crippen LogP contribution in [0.5, 0.6) is 0 Å². The molecular weight excluding hydrogens is 182 g/mol. The lowest BCUT2D eigenvalue weighted by Gasteiger charge is -2.21. The standard InChI is InChI=1S/C10H21NO3/c11-7-10(12)3-6-14-8-9-1-4-13-5-2-9/h9-10,12H,1-8,11H2. The van der Waals surface area contributed by atoms with Crippen molar-refractivity contribution in [1.82, 2.24) is 0 Å². The van der Waals surface area contributed by atoms with Gasteiger partial charge in [0.15, 0.2) is 0 Å². The predicted molar refractivity (Wildman–Crippen MR) is 54.0 cm³/mol. The highest BCUT2D eigenvalue weighted by atomic mass is 16.5. The van der Waals surface area contributed by atoms with Crippen LogP contribution >= 0.6 is 0 Å². The minimum absolute atomic E-state index is 0.320. The molecule has 0 bridgehead atoms. The SMILES string of the molecule is NCC(O)CCOCC1CCOCC1. The Labute approximate surface area is 85.4 Å². The molecular formula is C10H21NO3. The van der Waals surface area contributed by atoms with E-state index in [2.05, 4.69) is 0 Å². The van der Waals surface area contributed by atoms with Crippen LogP contribution in [0.25, 0.3) is 0 Å². The van der Waals surface area contributed by atoms with Crippen molar-refractivity contribution in [2.45, 2.75) is 25.4 Å². The molecule has 1 heterocycles. The van der Waals surface area contributed by atoms with E-state index in [1.165, 1.54) is 0 Å². The van der Waals surface area contributed by atoms with E-state index in [1.807, 2.05) is 0 Å². The lowest BCUT2D eigenvalue weighted by molar-refractivity contribution is 0.0126. The van der Waals surface area contributed by atoms with Crippen molar-refractivity contribution < 1.29 is 14.6 Å². The van der Waals surface area contributed by atoms with Gasteiger partial charge in [-0.2, -0.15) is 0 Å². The number of ether oxygens (including phenoxy) is 2. The number of hydrogen-bond donors (Lipinski definition) is 2. The van der Waals surface area contributed by atoms with Gasteiger partial charge in [-0.1, -0.05) is 0 Å². The molecule has 0 amide bonds. The van der Waals surface area contributed by atoms with Gasteiger partial charge in [0, 0.05) is 33.0 Å². The van der Waals surface area contributed by atoms with Crippen LogP contribution < -0.4 is 5.73 Å². The number of rotatable bonds is 6. The van der Waals surface area contributed by atoms with E-state index >= 15 is 0 Å². The summed E-state index contributed by atoms with van der Waals surface area (Å²) in [6, 6.07) is 0. The summed E-state index contributed by atoms with van der Waals surface area (Å²) in [7, 11) is 0. The van der Waals surface area contributed by atoms with Crippen LogP contribution in [0.15, 0.2) is 0 Å². The molecule has 4 nitrogen and oxygen atoms in total. The highest BCUT2D eigenvalue weighted by Crippen LogP contribution is 2.14. The fourth-order valence-electron chi connectivity index (χ4n) is 1.50. The van der Waals surface area contributed by atoms with Crippen LogP contribution in [-0.4, -0.2) is 44.2 Å². The zero-order valence-electron chi connectivity index (χ0n) is 8.65. The van der Waals surface area contributed by atoms with Gasteiger partial charge in [0.1, 0.15) is 0 Å². The van der Waals surface area contributed by atoms with Crippen molar-refractivity contribution in [1.29, 1.82) is 0 Å². The molecule has 1 saturated heterocycles. The van der Waals surface area contributed by atoms with Crippen LogP contribution in [0.4, 0.5) is 0 Å². The number of nitrogens with two attached hydrogens (primary N) is 1. The molecule has 1 fully saturated rings. The zero-order chi connectivity index (χ0) is 10.2. The molecule has 1 atom stereocenters. The van der Waals surface area contributed by atoms with Crippen LogP contribution in [-0.2, 0) is 9.47 Å². The summed E-state index contributed by atoms with van der Waals surface area (Å²) in [5, 5.41) is 9.17. The van der Waals surface area contributed by atoms with E-state index in [1.54, 1.807) is 0 Å².